The number of carbonyl (C=O) groups is 4. The Hall–Kier alpha value is -3.51. The number of aliphatic hydroxyl groups is 1. The molecule has 2 aromatic carbocycles. The van der Waals surface area contributed by atoms with Crippen molar-refractivity contribution in [1.29, 1.82) is 0 Å². The van der Waals surface area contributed by atoms with Crippen LogP contribution in [-0.2, 0) is 28.7 Å². The third-order valence-electron chi connectivity index (χ3n) is 9.15. The number of likely N-dealkylation sites (tertiary alicyclic amines) is 1. The maximum Gasteiger partial charge on any atom is 0.313 e. The van der Waals surface area contributed by atoms with Crippen LogP contribution in [0.25, 0.3) is 0 Å². The number of anilines is 1. The van der Waals surface area contributed by atoms with E-state index in [-0.39, 0.29) is 36.7 Å². The van der Waals surface area contributed by atoms with Gasteiger partial charge in [0.25, 0.3) is 5.91 Å². The smallest absolute Gasteiger partial charge is 0.313 e. The highest BCUT2D eigenvalue weighted by Crippen LogP contribution is 2.60. The molecular weight excluding hydrogens is 690 g/mol. The Balaban J connectivity index is 1.49. The summed E-state index contributed by atoms with van der Waals surface area (Å²) in [5.41, 5.74) is -0.276. The molecule has 8 atom stereocenters. The number of allylic oxidation sites excluding steroid dienone is 1. The molecule has 12 heteroatoms. The lowest BCUT2D eigenvalue weighted by molar-refractivity contribution is -0.162. The summed E-state index contributed by atoms with van der Waals surface area (Å²) in [6, 6.07) is 14.2. The fraction of sp³-hybridized carbons (Fsp3) is 0.429. The Morgan fingerprint density at radius 3 is 2.55 bits per heavy atom. The summed E-state index contributed by atoms with van der Waals surface area (Å²) < 4.78 is 12.8. The molecule has 10 nitrogen and oxygen atoms in total. The van der Waals surface area contributed by atoms with Crippen molar-refractivity contribution in [2.24, 2.45) is 11.8 Å². The highest BCUT2D eigenvalue weighted by atomic mass is 79.9. The lowest BCUT2D eigenvalue weighted by atomic mass is 9.70. The van der Waals surface area contributed by atoms with Crippen LogP contribution in [0, 0.1) is 11.8 Å². The second kappa shape index (κ2) is 14.7. The number of para-hydroxylation sites is 1. The number of hydrogen-bond acceptors (Lipinski definition) is 7. The normalized spacial score (nSPS) is 27.1. The second-order valence-electron chi connectivity index (χ2n) is 12.1. The molecule has 0 radical (unpaired) electrons. The number of aliphatic hydroxyl groups excluding tert-OH is 1. The average Bonchev–Trinajstić information content (AvgIpc) is 3.65. The highest BCUT2D eigenvalue weighted by Gasteiger charge is 2.77. The number of hydrogen-bond donors (Lipinski definition) is 2. The van der Waals surface area contributed by atoms with E-state index in [2.05, 4.69) is 34.4 Å². The van der Waals surface area contributed by atoms with Crippen molar-refractivity contribution in [2.45, 2.75) is 60.9 Å². The lowest BCUT2D eigenvalue weighted by Crippen LogP contribution is -2.57. The van der Waals surface area contributed by atoms with E-state index in [1.165, 1.54) is 9.80 Å². The van der Waals surface area contributed by atoms with Gasteiger partial charge in [-0.05, 0) is 37.5 Å². The molecule has 0 aliphatic carbocycles. The molecule has 0 aromatic heterocycles. The number of fused-ring (bicyclic) bond motifs is 1. The molecule has 1 unspecified atom stereocenters. The van der Waals surface area contributed by atoms with Crippen LogP contribution in [0.5, 0.6) is 0 Å². The van der Waals surface area contributed by atoms with Gasteiger partial charge in [0.05, 0.1) is 41.3 Å². The second-order valence-corrected chi connectivity index (χ2v) is 13.6. The van der Waals surface area contributed by atoms with Gasteiger partial charge >= 0.3 is 5.97 Å². The maximum atomic E-state index is 14.5. The van der Waals surface area contributed by atoms with Gasteiger partial charge in [-0.25, -0.2) is 0 Å². The number of nitrogens with one attached hydrogen (secondary N) is 1. The summed E-state index contributed by atoms with van der Waals surface area (Å²) in [6.45, 7) is 8.78. The van der Waals surface area contributed by atoms with Crippen LogP contribution in [0.3, 0.4) is 0 Å². The molecule has 3 aliphatic rings. The fourth-order valence-corrected chi connectivity index (χ4v) is 8.40. The van der Waals surface area contributed by atoms with E-state index in [9.17, 15) is 24.3 Å². The molecule has 47 heavy (non-hydrogen) atoms. The van der Waals surface area contributed by atoms with Gasteiger partial charge in [0.2, 0.25) is 11.8 Å². The number of rotatable bonds is 14. The number of carbonyl (C=O) groups excluding carboxylic acids is 4. The van der Waals surface area contributed by atoms with Crippen molar-refractivity contribution < 1.29 is 33.8 Å². The van der Waals surface area contributed by atoms with Gasteiger partial charge < -0.3 is 29.7 Å². The largest absolute Gasteiger partial charge is 0.455 e. The van der Waals surface area contributed by atoms with E-state index in [0.29, 0.717) is 22.7 Å². The van der Waals surface area contributed by atoms with E-state index >= 15 is 0 Å². The number of benzene rings is 2. The van der Waals surface area contributed by atoms with E-state index in [1.54, 1.807) is 55.5 Å². The van der Waals surface area contributed by atoms with Crippen molar-refractivity contribution in [2.75, 3.05) is 24.6 Å². The van der Waals surface area contributed by atoms with Gasteiger partial charge in [-0.1, -0.05) is 82.1 Å². The van der Waals surface area contributed by atoms with Gasteiger partial charge in [-0.2, -0.15) is 0 Å². The van der Waals surface area contributed by atoms with Crippen molar-refractivity contribution in [3.63, 3.8) is 0 Å². The molecule has 250 valence electrons. The first-order chi connectivity index (χ1) is 22.6. The number of β-amino-alcohol motifs (C(OH)–C–C–N with tert-alkyl or cyclic N) is 1. The van der Waals surface area contributed by atoms with Crippen LogP contribution in [0.1, 0.15) is 37.9 Å². The number of nitrogens with zero attached hydrogens (tertiary/aromatic N) is 2. The first-order valence-corrected chi connectivity index (χ1v) is 16.9. The minimum absolute atomic E-state index is 0.1000. The van der Waals surface area contributed by atoms with Gasteiger partial charge in [-0.15, -0.1) is 13.2 Å². The minimum Gasteiger partial charge on any atom is -0.455 e. The molecule has 3 aliphatic heterocycles. The van der Waals surface area contributed by atoms with Crippen LogP contribution in [0.2, 0.25) is 5.02 Å². The molecule has 0 saturated carbocycles. The number of amides is 3. The van der Waals surface area contributed by atoms with E-state index in [4.69, 9.17) is 21.1 Å². The van der Waals surface area contributed by atoms with E-state index in [0.717, 1.165) is 0 Å². The van der Waals surface area contributed by atoms with E-state index in [1.807, 2.05) is 18.2 Å². The summed E-state index contributed by atoms with van der Waals surface area (Å²) in [4.78, 5) is 58.1. The van der Waals surface area contributed by atoms with E-state index < -0.39 is 66.1 Å². The zero-order valence-electron chi connectivity index (χ0n) is 26.1. The lowest BCUT2D eigenvalue weighted by Gasteiger charge is -2.37. The molecule has 5 rings (SSSR count). The molecule has 2 aromatic rings. The average molecular weight is 729 g/mol. The van der Waals surface area contributed by atoms with Crippen LogP contribution in [0.15, 0.2) is 79.9 Å². The third kappa shape index (κ3) is 6.50. The Morgan fingerprint density at radius 1 is 1.19 bits per heavy atom. The Bertz CT molecular complexity index is 1530. The molecule has 3 amide bonds. The van der Waals surface area contributed by atoms with Gasteiger partial charge in [0, 0.05) is 24.3 Å². The SMILES string of the molecule is C=CCCC(=O)N[C@H](C)[C@@H](OC(=O)[C@H]1[C@@H]2O[C@@]3(CC2Br)[C@@H]1C(=O)N(CCO)[C@@H]3C(=O)N(CC=C)c1ccccc1Cl)c1ccccc1. The predicted molar refractivity (Wildman–Crippen MR) is 181 cm³/mol. The molecule has 1 spiro atoms. The van der Waals surface area contributed by atoms with Gasteiger partial charge in [0.1, 0.15) is 17.7 Å². The number of ether oxygens (including phenoxy) is 2. The minimum atomic E-state index is -1.38. The maximum absolute atomic E-state index is 14.5. The highest BCUT2D eigenvalue weighted by molar-refractivity contribution is 9.09. The zero-order chi connectivity index (χ0) is 33.9. The summed E-state index contributed by atoms with van der Waals surface area (Å²) >= 11 is 10.2. The Morgan fingerprint density at radius 2 is 1.89 bits per heavy atom. The molecular formula is C35H39BrClN3O7. The molecule has 3 saturated heterocycles. The molecule has 2 N–H and O–H groups in total. The summed E-state index contributed by atoms with van der Waals surface area (Å²) in [7, 11) is 0. The fourth-order valence-electron chi connectivity index (χ4n) is 7.22. The van der Waals surface area contributed by atoms with Crippen LogP contribution in [-0.4, -0.2) is 82.0 Å². The Labute approximate surface area is 287 Å². The quantitative estimate of drug-likeness (QED) is 0.168. The van der Waals surface area contributed by atoms with Crippen molar-refractivity contribution >= 4 is 56.9 Å². The van der Waals surface area contributed by atoms with Crippen molar-refractivity contribution in [1.82, 2.24) is 10.2 Å². The predicted octanol–water partition coefficient (Wildman–Crippen LogP) is 4.35. The van der Waals surface area contributed by atoms with Crippen molar-refractivity contribution in [3.8, 4) is 0 Å². The summed E-state index contributed by atoms with van der Waals surface area (Å²) in [5.74, 6) is -3.92. The van der Waals surface area contributed by atoms with Gasteiger partial charge in [-0.3, -0.25) is 19.2 Å². The molecule has 2 bridgehead atoms. The zero-order valence-corrected chi connectivity index (χ0v) is 28.4. The molecule has 3 heterocycles. The number of halogens is 2. The monoisotopic (exact) mass is 727 g/mol. The standard InChI is InChI=1S/C35H39BrClN3O7/c1-4-6-16-26(42)38-21(3)29(22-12-8-7-9-13-22)46-34(45)27-28-32(43)40(18-19-41)31(35(28)20-23(36)30(27)47-35)33(44)39(17-5-2)25-15-11-10-14-24(25)37/h4-5,7-15,21,23,27-31,41H,1-2,6,16-20H2,3H3,(H,38,42)/t21-,23?,27-,28+,29-,30-,31-,35+/m1/s1. The van der Waals surface area contributed by atoms with Gasteiger partial charge in [0.15, 0.2) is 0 Å². The van der Waals surface area contributed by atoms with Crippen LogP contribution in [0.4, 0.5) is 5.69 Å². The van der Waals surface area contributed by atoms with Crippen molar-refractivity contribution in [3.05, 3.63) is 90.5 Å². The first kappa shape index (κ1) is 34.8. The number of esters is 1. The van der Waals surface area contributed by atoms with Crippen LogP contribution < -0.4 is 10.2 Å². The number of alkyl halides is 1. The topological polar surface area (TPSA) is 125 Å². The molecule has 3 fully saturated rings. The summed E-state index contributed by atoms with van der Waals surface area (Å²) in [5, 5.41) is 13.3. The third-order valence-corrected chi connectivity index (χ3v) is 10.3. The van der Waals surface area contributed by atoms with Crippen LogP contribution >= 0.6 is 27.5 Å². The Kier molecular flexibility index (Phi) is 10.9. The summed E-state index contributed by atoms with van der Waals surface area (Å²) in [6.07, 6.45) is 2.60. The first-order valence-electron chi connectivity index (χ1n) is 15.6.